The molecule has 0 fully saturated rings. The third kappa shape index (κ3) is 6.47. The molecule has 36 heavy (non-hydrogen) atoms. The van der Waals surface area contributed by atoms with Gasteiger partial charge in [0.1, 0.15) is 12.1 Å². The fourth-order valence-electron chi connectivity index (χ4n) is 4.10. The molecule has 0 radical (unpaired) electrons. The standard InChI is InChI=1S/C29H37N5O2/c1-7-20(4)28(30)21(5)9-8-10-26(19(2)3)33-29(35)25-13-23-17-34(24-15-31-18-32-16-24)12-11-22(23)14-27(25)36-6/h8-10,13-16,18,20,30H,7,11-12,17H2,1-6H3,(H,33,35)/b10-8-,21-9+,30-28?. The number of aromatic nitrogens is 2. The molecule has 1 amide bonds. The number of amides is 1. The topological polar surface area (TPSA) is 91.2 Å². The van der Waals surface area contributed by atoms with Gasteiger partial charge in [0.15, 0.2) is 0 Å². The van der Waals surface area contributed by atoms with Crippen LogP contribution in [0.4, 0.5) is 5.69 Å². The summed E-state index contributed by atoms with van der Waals surface area (Å²) in [4.78, 5) is 23.8. The Kier molecular flexibility index (Phi) is 9.17. The predicted octanol–water partition coefficient (Wildman–Crippen LogP) is 5.64. The maximum Gasteiger partial charge on any atom is 0.259 e. The number of allylic oxidation sites excluding steroid dienone is 5. The molecule has 1 aromatic heterocycles. The lowest BCUT2D eigenvalue weighted by Crippen LogP contribution is -2.31. The number of nitrogens with one attached hydrogen (secondary N) is 2. The van der Waals surface area contributed by atoms with Gasteiger partial charge in [0, 0.05) is 24.5 Å². The number of ether oxygens (including phenoxy) is 1. The highest BCUT2D eigenvalue weighted by atomic mass is 16.5. The van der Waals surface area contributed by atoms with Crippen molar-refractivity contribution < 1.29 is 9.53 Å². The predicted molar refractivity (Wildman–Crippen MR) is 146 cm³/mol. The van der Waals surface area contributed by atoms with Gasteiger partial charge in [0.25, 0.3) is 5.91 Å². The van der Waals surface area contributed by atoms with Crippen molar-refractivity contribution in [2.45, 2.75) is 54.0 Å². The van der Waals surface area contributed by atoms with Gasteiger partial charge in [-0.15, -0.1) is 0 Å². The minimum absolute atomic E-state index is 0.219. The maximum absolute atomic E-state index is 13.4. The third-order valence-electron chi connectivity index (χ3n) is 6.62. The van der Waals surface area contributed by atoms with Gasteiger partial charge >= 0.3 is 0 Å². The van der Waals surface area contributed by atoms with Gasteiger partial charge in [-0.05, 0) is 74.4 Å². The van der Waals surface area contributed by atoms with Crippen molar-refractivity contribution >= 4 is 17.3 Å². The zero-order valence-electron chi connectivity index (χ0n) is 22.2. The van der Waals surface area contributed by atoms with E-state index in [9.17, 15) is 4.79 Å². The number of carbonyl (C=O) groups is 1. The average molecular weight is 488 g/mol. The summed E-state index contributed by atoms with van der Waals surface area (Å²) in [5, 5.41) is 11.3. The summed E-state index contributed by atoms with van der Waals surface area (Å²) in [5.74, 6) is 0.570. The van der Waals surface area contributed by atoms with Gasteiger partial charge in [-0.1, -0.05) is 31.6 Å². The number of anilines is 1. The molecule has 2 N–H and O–H groups in total. The quantitative estimate of drug-likeness (QED) is 0.353. The van der Waals surface area contributed by atoms with Crippen LogP contribution >= 0.6 is 0 Å². The number of hydrogen-bond donors (Lipinski definition) is 2. The van der Waals surface area contributed by atoms with Crippen molar-refractivity contribution in [3.63, 3.8) is 0 Å². The van der Waals surface area contributed by atoms with Gasteiger partial charge in [-0.3, -0.25) is 4.79 Å². The van der Waals surface area contributed by atoms with Crippen LogP contribution in [-0.2, 0) is 13.0 Å². The molecule has 7 nitrogen and oxygen atoms in total. The molecule has 1 aromatic carbocycles. The fraction of sp³-hybridized carbons (Fsp3) is 0.379. The number of nitrogens with zero attached hydrogens (tertiary/aromatic N) is 3. The van der Waals surface area contributed by atoms with E-state index in [0.717, 1.165) is 47.5 Å². The molecule has 0 saturated heterocycles. The first kappa shape index (κ1) is 26.9. The summed E-state index contributed by atoms with van der Waals surface area (Å²) >= 11 is 0. The van der Waals surface area contributed by atoms with Crippen LogP contribution in [0.15, 0.2) is 65.9 Å². The summed E-state index contributed by atoms with van der Waals surface area (Å²) in [6.45, 7) is 11.5. The summed E-state index contributed by atoms with van der Waals surface area (Å²) in [5.41, 5.74) is 7.00. The van der Waals surface area contributed by atoms with E-state index in [-0.39, 0.29) is 11.8 Å². The molecular weight excluding hydrogens is 450 g/mol. The number of carbonyl (C=O) groups excluding carboxylic acids is 1. The monoisotopic (exact) mass is 487 g/mol. The summed E-state index contributed by atoms with van der Waals surface area (Å²) in [7, 11) is 1.59. The molecule has 190 valence electrons. The number of benzene rings is 1. The van der Waals surface area contributed by atoms with Crippen molar-refractivity contribution in [3.05, 3.63) is 82.6 Å². The van der Waals surface area contributed by atoms with E-state index >= 15 is 0 Å². The van der Waals surface area contributed by atoms with Gasteiger partial charge < -0.3 is 20.4 Å². The molecule has 1 atom stereocenters. The van der Waals surface area contributed by atoms with Crippen molar-refractivity contribution in [1.82, 2.24) is 15.3 Å². The molecule has 0 aliphatic carbocycles. The molecular formula is C29H37N5O2. The molecule has 3 rings (SSSR count). The fourth-order valence-corrected chi connectivity index (χ4v) is 4.10. The molecule has 1 unspecified atom stereocenters. The van der Waals surface area contributed by atoms with Crippen LogP contribution < -0.4 is 15.0 Å². The first-order chi connectivity index (χ1) is 17.2. The largest absolute Gasteiger partial charge is 0.496 e. The summed E-state index contributed by atoms with van der Waals surface area (Å²) < 4.78 is 5.60. The Bertz CT molecular complexity index is 1190. The Morgan fingerprint density at radius 1 is 1.22 bits per heavy atom. The Balaban J connectivity index is 1.81. The minimum atomic E-state index is -0.219. The second-order valence-electron chi connectivity index (χ2n) is 9.39. The van der Waals surface area contributed by atoms with E-state index in [1.54, 1.807) is 7.11 Å². The van der Waals surface area contributed by atoms with Crippen molar-refractivity contribution in [2.75, 3.05) is 18.6 Å². The van der Waals surface area contributed by atoms with Crippen LogP contribution in [0.2, 0.25) is 0 Å². The van der Waals surface area contributed by atoms with Crippen LogP contribution in [0, 0.1) is 11.3 Å². The molecule has 7 heteroatoms. The third-order valence-corrected chi connectivity index (χ3v) is 6.62. The van der Waals surface area contributed by atoms with Crippen LogP contribution in [-0.4, -0.2) is 35.2 Å². The van der Waals surface area contributed by atoms with E-state index in [1.165, 1.54) is 11.9 Å². The van der Waals surface area contributed by atoms with Gasteiger partial charge in [0.2, 0.25) is 0 Å². The van der Waals surface area contributed by atoms with E-state index in [4.69, 9.17) is 10.1 Å². The Morgan fingerprint density at radius 3 is 2.58 bits per heavy atom. The highest BCUT2D eigenvalue weighted by Gasteiger charge is 2.22. The van der Waals surface area contributed by atoms with E-state index in [2.05, 4.69) is 34.0 Å². The summed E-state index contributed by atoms with van der Waals surface area (Å²) in [6.07, 6.45) is 12.6. The minimum Gasteiger partial charge on any atom is -0.496 e. The normalized spacial score (nSPS) is 14.3. The van der Waals surface area contributed by atoms with E-state index in [1.807, 2.05) is 63.5 Å². The number of fused-ring (bicyclic) bond motifs is 1. The lowest BCUT2D eigenvalue weighted by molar-refractivity contribution is 0.0963. The molecule has 2 aromatic rings. The molecule has 0 saturated carbocycles. The smallest absolute Gasteiger partial charge is 0.259 e. The maximum atomic E-state index is 13.4. The molecule has 1 aliphatic heterocycles. The van der Waals surface area contributed by atoms with Crippen molar-refractivity contribution in [3.8, 4) is 5.75 Å². The molecule has 1 aliphatic rings. The van der Waals surface area contributed by atoms with Crippen molar-refractivity contribution in [2.24, 2.45) is 5.92 Å². The Morgan fingerprint density at radius 2 is 1.94 bits per heavy atom. The Labute approximate surface area is 214 Å². The van der Waals surface area contributed by atoms with E-state index in [0.29, 0.717) is 23.6 Å². The van der Waals surface area contributed by atoms with Crippen LogP contribution in [0.1, 0.15) is 62.5 Å². The van der Waals surface area contributed by atoms with Crippen LogP contribution in [0.5, 0.6) is 5.75 Å². The average Bonchev–Trinajstić information content (AvgIpc) is 2.90. The highest BCUT2D eigenvalue weighted by Crippen LogP contribution is 2.30. The Hall–Kier alpha value is -3.74. The van der Waals surface area contributed by atoms with E-state index < -0.39 is 0 Å². The zero-order valence-corrected chi connectivity index (χ0v) is 22.2. The lowest BCUT2D eigenvalue weighted by atomic mass is 9.96. The molecule has 0 spiro atoms. The number of hydrogen-bond acceptors (Lipinski definition) is 6. The molecule has 2 heterocycles. The SMILES string of the molecule is CCC(C)C(=N)/C(C)=C/C=C\C(NC(=O)c1cc2c(cc1OC)CCN(c1cncnc1)C2)=C(C)C. The van der Waals surface area contributed by atoms with Gasteiger partial charge in [0.05, 0.1) is 30.8 Å². The zero-order chi connectivity index (χ0) is 26.2. The lowest BCUT2D eigenvalue weighted by Gasteiger charge is -2.31. The number of methoxy groups -OCH3 is 1. The second kappa shape index (κ2) is 12.3. The van der Waals surface area contributed by atoms with Gasteiger partial charge in [-0.2, -0.15) is 0 Å². The second-order valence-corrected chi connectivity index (χ2v) is 9.39. The first-order valence-electron chi connectivity index (χ1n) is 12.4. The van der Waals surface area contributed by atoms with Crippen molar-refractivity contribution in [1.29, 1.82) is 5.41 Å². The van der Waals surface area contributed by atoms with Crippen LogP contribution in [0.3, 0.4) is 0 Å². The number of rotatable bonds is 9. The highest BCUT2D eigenvalue weighted by molar-refractivity contribution is 5.99. The summed E-state index contributed by atoms with van der Waals surface area (Å²) in [6, 6.07) is 3.91. The van der Waals surface area contributed by atoms with Crippen LogP contribution in [0.25, 0.3) is 0 Å². The first-order valence-corrected chi connectivity index (χ1v) is 12.4. The molecule has 0 bridgehead atoms. The van der Waals surface area contributed by atoms with Gasteiger partial charge in [-0.25, -0.2) is 9.97 Å².